The van der Waals surface area contributed by atoms with Gasteiger partial charge in [-0.25, -0.2) is 4.79 Å². The van der Waals surface area contributed by atoms with E-state index in [1.54, 1.807) is 0 Å². The van der Waals surface area contributed by atoms with Crippen LogP contribution in [0.25, 0.3) is 0 Å². The van der Waals surface area contributed by atoms with Gasteiger partial charge in [-0.2, -0.15) is 0 Å². The van der Waals surface area contributed by atoms with E-state index in [1.807, 2.05) is 24.3 Å². The van der Waals surface area contributed by atoms with Crippen molar-refractivity contribution in [2.45, 2.75) is 39.0 Å². The summed E-state index contributed by atoms with van der Waals surface area (Å²) in [6.45, 7) is 4.29. The molecule has 0 saturated carbocycles. The van der Waals surface area contributed by atoms with Crippen molar-refractivity contribution < 1.29 is 9.90 Å². The van der Waals surface area contributed by atoms with Gasteiger partial charge in [0.25, 0.3) is 0 Å². The van der Waals surface area contributed by atoms with Crippen LogP contribution in [0, 0.1) is 0 Å². The number of carboxylic acid groups (broad SMARTS) is 1. The Kier molecular flexibility index (Phi) is 4.83. The van der Waals surface area contributed by atoms with Crippen molar-refractivity contribution in [1.82, 2.24) is 0 Å². The van der Waals surface area contributed by atoms with Gasteiger partial charge in [0.15, 0.2) is 0 Å². The minimum absolute atomic E-state index is 0.438. The summed E-state index contributed by atoms with van der Waals surface area (Å²) in [4.78, 5) is 10.7. The zero-order valence-corrected chi connectivity index (χ0v) is 9.86. The first kappa shape index (κ1) is 12.6. The lowest BCUT2D eigenvalue weighted by Gasteiger charge is -2.18. The molecule has 0 aliphatic heterocycles. The molecule has 3 nitrogen and oxygen atoms in total. The molecule has 1 rings (SSSR count). The summed E-state index contributed by atoms with van der Waals surface area (Å²) in [5.74, 6) is 0.438. The lowest BCUT2D eigenvalue weighted by atomic mass is 9.91. The van der Waals surface area contributed by atoms with Gasteiger partial charge in [0, 0.05) is 5.69 Å². The highest BCUT2D eigenvalue weighted by molar-refractivity contribution is 5.84. The van der Waals surface area contributed by atoms with Gasteiger partial charge in [0.1, 0.15) is 0 Å². The normalized spacial score (nSPS) is 12.1. The molecular weight excluding hydrogens is 202 g/mol. The van der Waals surface area contributed by atoms with E-state index in [-0.39, 0.29) is 0 Å². The molecular formula is C13H19NO2. The van der Waals surface area contributed by atoms with Gasteiger partial charge in [-0.15, -0.1) is 0 Å². The molecule has 0 aromatic heterocycles. The van der Waals surface area contributed by atoms with Crippen molar-refractivity contribution in [2.75, 3.05) is 5.32 Å². The zero-order valence-electron chi connectivity index (χ0n) is 9.86. The molecule has 1 amide bonds. The molecule has 0 spiro atoms. The van der Waals surface area contributed by atoms with Gasteiger partial charge in [0.2, 0.25) is 0 Å². The predicted octanol–water partition coefficient (Wildman–Crippen LogP) is 4.07. The Bertz CT molecular complexity index is 350. The number of nitrogens with one attached hydrogen (secondary N) is 1. The molecule has 0 fully saturated rings. The van der Waals surface area contributed by atoms with E-state index in [4.69, 9.17) is 5.11 Å². The van der Waals surface area contributed by atoms with Crippen LogP contribution in [-0.2, 0) is 0 Å². The Morgan fingerprint density at radius 3 is 2.62 bits per heavy atom. The zero-order chi connectivity index (χ0) is 12.0. The SMILES string of the molecule is CCCC(CC)c1ccccc1NC(=O)O. The van der Waals surface area contributed by atoms with Crippen LogP contribution in [0.1, 0.15) is 44.6 Å². The van der Waals surface area contributed by atoms with Gasteiger partial charge >= 0.3 is 6.09 Å². The molecule has 0 aliphatic rings. The summed E-state index contributed by atoms with van der Waals surface area (Å²) >= 11 is 0. The average Bonchev–Trinajstić information content (AvgIpc) is 2.26. The molecule has 0 heterocycles. The summed E-state index contributed by atoms with van der Waals surface area (Å²) in [5.41, 5.74) is 1.82. The number of carbonyl (C=O) groups is 1. The molecule has 3 heteroatoms. The van der Waals surface area contributed by atoms with Crippen molar-refractivity contribution in [1.29, 1.82) is 0 Å². The lowest BCUT2D eigenvalue weighted by molar-refractivity contribution is 0.209. The Morgan fingerprint density at radius 1 is 1.38 bits per heavy atom. The lowest BCUT2D eigenvalue weighted by Crippen LogP contribution is -2.11. The Labute approximate surface area is 96.5 Å². The molecule has 16 heavy (non-hydrogen) atoms. The number of benzene rings is 1. The molecule has 1 aromatic carbocycles. The second-order valence-electron chi connectivity index (χ2n) is 3.91. The van der Waals surface area contributed by atoms with E-state index in [1.165, 1.54) is 0 Å². The van der Waals surface area contributed by atoms with E-state index < -0.39 is 6.09 Å². The topological polar surface area (TPSA) is 49.3 Å². The third kappa shape index (κ3) is 3.26. The first-order chi connectivity index (χ1) is 7.69. The van der Waals surface area contributed by atoms with Crippen LogP contribution in [-0.4, -0.2) is 11.2 Å². The van der Waals surface area contributed by atoms with E-state index >= 15 is 0 Å². The van der Waals surface area contributed by atoms with E-state index in [9.17, 15) is 4.79 Å². The molecule has 0 bridgehead atoms. The van der Waals surface area contributed by atoms with Crippen LogP contribution >= 0.6 is 0 Å². The minimum Gasteiger partial charge on any atom is -0.465 e. The maximum absolute atomic E-state index is 10.7. The maximum atomic E-state index is 10.7. The van der Waals surface area contributed by atoms with Gasteiger partial charge in [-0.05, 0) is 30.4 Å². The van der Waals surface area contributed by atoms with Gasteiger partial charge in [0.05, 0.1) is 0 Å². The molecule has 0 radical (unpaired) electrons. The minimum atomic E-state index is -1.00. The fourth-order valence-electron chi connectivity index (χ4n) is 2.01. The van der Waals surface area contributed by atoms with Crippen LogP contribution < -0.4 is 5.32 Å². The Hall–Kier alpha value is -1.51. The monoisotopic (exact) mass is 221 g/mol. The highest BCUT2D eigenvalue weighted by Gasteiger charge is 2.13. The number of hydrogen-bond acceptors (Lipinski definition) is 1. The summed E-state index contributed by atoms with van der Waals surface area (Å²) in [5, 5.41) is 11.2. The molecule has 0 saturated heterocycles. The molecule has 0 aliphatic carbocycles. The fourth-order valence-corrected chi connectivity index (χ4v) is 2.01. The number of para-hydroxylation sites is 1. The molecule has 1 aromatic rings. The van der Waals surface area contributed by atoms with E-state index in [0.29, 0.717) is 5.92 Å². The quantitative estimate of drug-likeness (QED) is 0.787. The summed E-state index contributed by atoms with van der Waals surface area (Å²) in [7, 11) is 0. The first-order valence-corrected chi connectivity index (χ1v) is 5.77. The van der Waals surface area contributed by atoms with Crippen LogP contribution in [0.5, 0.6) is 0 Å². The van der Waals surface area contributed by atoms with Crippen molar-refractivity contribution >= 4 is 11.8 Å². The van der Waals surface area contributed by atoms with Gasteiger partial charge < -0.3 is 5.11 Å². The fraction of sp³-hybridized carbons (Fsp3) is 0.462. The average molecular weight is 221 g/mol. The van der Waals surface area contributed by atoms with Crippen molar-refractivity contribution in [3.05, 3.63) is 29.8 Å². The van der Waals surface area contributed by atoms with E-state index in [0.717, 1.165) is 30.5 Å². The Morgan fingerprint density at radius 2 is 2.06 bits per heavy atom. The van der Waals surface area contributed by atoms with E-state index in [2.05, 4.69) is 19.2 Å². The number of hydrogen-bond donors (Lipinski definition) is 2. The smallest absolute Gasteiger partial charge is 0.409 e. The third-order valence-electron chi connectivity index (χ3n) is 2.77. The second kappa shape index (κ2) is 6.16. The van der Waals surface area contributed by atoms with Gasteiger partial charge in [-0.1, -0.05) is 38.5 Å². The van der Waals surface area contributed by atoms with Gasteiger partial charge in [-0.3, -0.25) is 5.32 Å². The molecule has 1 unspecified atom stereocenters. The standard InChI is InChI=1S/C13H19NO2/c1-3-7-10(4-2)11-8-5-6-9-12(11)14-13(15)16/h5-6,8-10,14H,3-4,7H2,1-2H3,(H,15,16). The van der Waals surface area contributed by atoms with Crippen LogP contribution in [0.15, 0.2) is 24.3 Å². The molecule has 88 valence electrons. The predicted molar refractivity (Wildman–Crippen MR) is 66.0 cm³/mol. The number of amides is 1. The highest BCUT2D eigenvalue weighted by atomic mass is 16.4. The van der Waals surface area contributed by atoms with Crippen molar-refractivity contribution in [2.24, 2.45) is 0 Å². The highest BCUT2D eigenvalue weighted by Crippen LogP contribution is 2.30. The first-order valence-electron chi connectivity index (χ1n) is 5.77. The molecule has 2 N–H and O–H groups in total. The van der Waals surface area contributed by atoms with Crippen LogP contribution in [0.4, 0.5) is 10.5 Å². The summed E-state index contributed by atoms with van der Waals surface area (Å²) in [6.07, 6.45) is 2.24. The Balaban J connectivity index is 2.95. The number of anilines is 1. The van der Waals surface area contributed by atoms with Crippen LogP contribution in [0.2, 0.25) is 0 Å². The summed E-state index contributed by atoms with van der Waals surface area (Å²) < 4.78 is 0. The summed E-state index contributed by atoms with van der Waals surface area (Å²) in [6, 6.07) is 7.64. The largest absolute Gasteiger partial charge is 0.465 e. The second-order valence-corrected chi connectivity index (χ2v) is 3.91. The van der Waals surface area contributed by atoms with Crippen molar-refractivity contribution in [3.8, 4) is 0 Å². The van der Waals surface area contributed by atoms with Crippen LogP contribution in [0.3, 0.4) is 0 Å². The maximum Gasteiger partial charge on any atom is 0.409 e. The van der Waals surface area contributed by atoms with Crippen molar-refractivity contribution in [3.63, 3.8) is 0 Å². The molecule has 1 atom stereocenters. The third-order valence-corrected chi connectivity index (χ3v) is 2.77. The number of rotatable bonds is 5.